The summed E-state index contributed by atoms with van der Waals surface area (Å²) in [5.41, 5.74) is 0.577. The Morgan fingerprint density at radius 1 is 1.13 bits per heavy atom. The molecule has 0 N–H and O–H groups in total. The third kappa shape index (κ3) is 3.67. The van der Waals surface area contributed by atoms with Crippen molar-refractivity contribution >= 4 is 22.8 Å². The van der Waals surface area contributed by atoms with Gasteiger partial charge in [0, 0.05) is 18.7 Å². The maximum atomic E-state index is 13.3. The molecule has 4 rings (SSSR count). The second-order valence-electron chi connectivity index (χ2n) is 6.72. The fourth-order valence-electron chi connectivity index (χ4n) is 3.30. The van der Waals surface area contributed by atoms with Crippen LogP contribution in [0.3, 0.4) is 0 Å². The van der Waals surface area contributed by atoms with E-state index in [9.17, 15) is 14.0 Å². The molecule has 0 aliphatic rings. The topological polar surface area (TPSA) is 71.1 Å². The van der Waals surface area contributed by atoms with E-state index in [-0.39, 0.29) is 17.7 Å². The first kappa shape index (κ1) is 20.1. The number of ether oxygens (including phenoxy) is 1. The second-order valence-corrected chi connectivity index (χ2v) is 7.16. The fourth-order valence-corrected chi connectivity index (χ4v) is 3.48. The van der Waals surface area contributed by atoms with Crippen molar-refractivity contribution < 1.29 is 9.13 Å². The van der Waals surface area contributed by atoms with Crippen LogP contribution in [0.15, 0.2) is 64.4 Å². The average molecular weight is 429 g/mol. The molecule has 9 heteroatoms. The van der Waals surface area contributed by atoms with Crippen LogP contribution in [0.2, 0.25) is 5.02 Å². The Labute approximate surface area is 175 Å². The highest BCUT2D eigenvalue weighted by molar-refractivity contribution is 6.30. The zero-order valence-corrected chi connectivity index (χ0v) is 16.8. The smallest absolute Gasteiger partial charge is 0.337 e. The van der Waals surface area contributed by atoms with Gasteiger partial charge in [-0.15, -0.1) is 0 Å². The third-order valence-corrected chi connectivity index (χ3v) is 4.99. The van der Waals surface area contributed by atoms with Crippen LogP contribution in [-0.4, -0.2) is 32.4 Å². The van der Waals surface area contributed by atoms with Gasteiger partial charge in [0.25, 0.3) is 5.56 Å². The molecular formula is C21H18ClFN4O3. The molecule has 0 unspecified atom stereocenters. The van der Waals surface area contributed by atoms with Crippen LogP contribution in [0.25, 0.3) is 16.9 Å². The molecule has 0 bridgehead atoms. The molecule has 30 heavy (non-hydrogen) atoms. The summed E-state index contributed by atoms with van der Waals surface area (Å²) in [7, 11) is 1.56. The van der Waals surface area contributed by atoms with Gasteiger partial charge < -0.3 is 9.30 Å². The van der Waals surface area contributed by atoms with E-state index in [1.54, 1.807) is 35.9 Å². The molecule has 0 saturated carbocycles. The minimum absolute atomic E-state index is 0.0100. The number of imidazole rings is 1. The van der Waals surface area contributed by atoms with Crippen molar-refractivity contribution in [2.45, 2.75) is 13.1 Å². The standard InChI is InChI=1S/C21H18ClFN4O3/c1-30-10-9-25-13-24-19-18(25)20(28)26(12-14-5-7-16(23)8-6-14)21(29)27(19)17-4-2-3-15(22)11-17/h2-8,11,13H,9-10,12H2,1H3. The lowest BCUT2D eigenvalue weighted by Gasteiger charge is -2.13. The van der Waals surface area contributed by atoms with E-state index in [1.165, 1.54) is 35.2 Å². The van der Waals surface area contributed by atoms with Crippen LogP contribution in [0.4, 0.5) is 4.39 Å². The summed E-state index contributed by atoms with van der Waals surface area (Å²) in [5, 5.41) is 0.447. The zero-order chi connectivity index (χ0) is 21.3. The van der Waals surface area contributed by atoms with E-state index in [0.717, 1.165) is 4.57 Å². The first-order valence-corrected chi connectivity index (χ1v) is 9.57. The Balaban J connectivity index is 1.99. The maximum Gasteiger partial charge on any atom is 0.337 e. The maximum absolute atomic E-state index is 13.3. The van der Waals surface area contributed by atoms with Gasteiger partial charge in [-0.05, 0) is 35.9 Å². The van der Waals surface area contributed by atoms with Gasteiger partial charge in [0.2, 0.25) is 0 Å². The Bertz CT molecular complexity index is 1330. The van der Waals surface area contributed by atoms with Crippen molar-refractivity contribution in [1.29, 1.82) is 0 Å². The lowest BCUT2D eigenvalue weighted by Crippen LogP contribution is -2.40. The average Bonchev–Trinajstić information content (AvgIpc) is 3.15. The summed E-state index contributed by atoms with van der Waals surface area (Å²) in [6.45, 7) is 0.760. The lowest BCUT2D eigenvalue weighted by atomic mass is 10.2. The van der Waals surface area contributed by atoms with E-state index in [0.29, 0.717) is 29.4 Å². The number of hydrogen-bond donors (Lipinski definition) is 0. The predicted molar refractivity (Wildman–Crippen MR) is 112 cm³/mol. The minimum atomic E-state index is -0.559. The number of aromatic nitrogens is 4. The van der Waals surface area contributed by atoms with Gasteiger partial charge in [0.15, 0.2) is 11.2 Å². The molecular weight excluding hydrogens is 411 g/mol. The summed E-state index contributed by atoms with van der Waals surface area (Å²) in [6, 6.07) is 12.4. The van der Waals surface area contributed by atoms with Crippen molar-refractivity contribution in [3.05, 3.63) is 92.1 Å². The number of rotatable bonds is 6. The molecule has 2 heterocycles. The van der Waals surface area contributed by atoms with Crippen molar-refractivity contribution in [3.8, 4) is 5.69 Å². The molecule has 0 aliphatic carbocycles. The Morgan fingerprint density at radius 2 is 1.90 bits per heavy atom. The number of fused-ring (bicyclic) bond motifs is 1. The van der Waals surface area contributed by atoms with E-state index in [1.807, 2.05) is 0 Å². The fraction of sp³-hybridized carbons (Fsp3) is 0.190. The molecule has 0 fully saturated rings. The van der Waals surface area contributed by atoms with E-state index < -0.39 is 17.1 Å². The van der Waals surface area contributed by atoms with E-state index >= 15 is 0 Å². The number of hydrogen-bond acceptors (Lipinski definition) is 4. The highest BCUT2D eigenvalue weighted by atomic mass is 35.5. The van der Waals surface area contributed by atoms with Crippen LogP contribution in [-0.2, 0) is 17.8 Å². The van der Waals surface area contributed by atoms with Crippen LogP contribution >= 0.6 is 11.6 Å². The molecule has 2 aromatic carbocycles. The van der Waals surface area contributed by atoms with Gasteiger partial charge in [0.05, 0.1) is 25.2 Å². The number of benzene rings is 2. The summed E-state index contributed by atoms with van der Waals surface area (Å²) in [4.78, 5) is 30.9. The van der Waals surface area contributed by atoms with Crippen LogP contribution in [0.1, 0.15) is 5.56 Å². The Hall–Kier alpha value is -3.23. The van der Waals surface area contributed by atoms with Gasteiger partial charge in [0.1, 0.15) is 5.82 Å². The lowest BCUT2D eigenvalue weighted by molar-refractivity contribution is 0.188. The molecule has 0 atom stereocenters. The highest BCUT2D eigenvalue weighted by Crippen LogP contribution is 2.17. The first-order chi connectivity index (χ1) is 14.5. The molecule has 0 radical (unpaired) electrons. The minimum Gasteiger partial charge on any atom is -0.383 e. The SMILES string of the molecule is COCCn1cnc2c1c(=O)n(Cc1ccc(F)cc1)c(=O)n2-c1cccc(Cl)c1. The van der Waals surface area contributed by atoms with Gasteiger partial charge in [-0.25, -0.2) is 18.7 Å². The van der Waals surface area contributed by atoms with Gasteiger partial charge in [-0.2, -0.15) is 0 Å². The normalized spacial score (nSPS) is 11.3. The quantitative estimate of drug-likeness (QED) is 0.473. The monoisotopic (exact) mass is 428 g/mol. The number of nitrogens with zero attached hydrogens (tertiary/aromatic N) is 4. The van der Waals surface area contributed by atoms with Gasteiger partial charge in [-0.3, -0.25) is 9.36 Å². The summed E-state index contributed by atoms with van der Waals surface area (Å²) < 4.78 is 22.5. The van der Waals surface area contributed by atoms with E-state index in [2.05, 4.69) is 4.98 Å². The van der Waals surface area contributed by atoms with Crippen molar-refractivity contribution in [1.82, 2.24) is 18.7 Å². The second kappa shape index (κ2) is 8.25. The molecule has 4 aromatic rings. The summed E-state index contributed by atoms with van der Waals surface area (Å²) in [6.07, 6.45) is 1.51. The Kier molecular flexibility index (Phi) is 5.52. The van der Waals surface area contributed by atoms with Crippen LogP contribution in [0.5, 0.6) is 0 Å². The first-order valence-electron chi connectivity index (χ1n) is 9.19. The number of halogens is 2. The zero-order valence-electron chi connectivity index (χ0n) is 16.1. The van der Waals surface area contributed by atoms with Crippen LogP contribution < -0.4 is 11.2 Å². The highest BCUT2D eigenvalue weighted by Gasteiger charge is 2.19. The molecule has 0 spiro atoms. The molecule has 2 aromatic heterocycles. The molecule has 0 amide bonds. The predicted octanol–water partition coefficient (Wildman–Crippen LogP) is 2.84. The third-order valence-electron chi connectivity index (χ3n) is 4.76. The van der Waals surface area contributed by atoms with Crippen LogP contribution in [0, 0.1) is 5.82 Å². The summed E-state index contributed by atoms with van der Waals surface area (Å²) >= 11 is 6.13. The molecule has 0 saturated heterocycles. The van der Waals surface area contributed by atoms with Gasteiger partial charge >= 0.3 is 5.69 Å². The molecule has 154 valence electrons. The van der Waals surface area contributed by atoms with Gasteiger partial charge in [-0.1, -0.05) is 29.8 Å². The molecule has 7 nitrogen and oxygen atoms in total. The molecule has 0 aliphatic heterocycles. The van der Waals surface area contributed by atoms with E-state index in [4.69, 9.17) is 16.3 Å². The largest absolute Gasteiger partial charge is 0.383 e. The van der Waals surface area contributed by atoms with Crippen molar-refractivity contribution in [2.75, 3.05) is 13.7 Å². The van der Waals surface area contributed by atoms with Crippen molar-refractivity contribution in [2.24, 2.45) is 0 Å². The Morgan fingerprint density at radius 3 is 2.60 bits per heavy atom. The summed E-state index contributed by atoms with van der Waals surface area (Å²) in [5.74, 6) is -0.393. The number of methoxy groups -OCH3 is 1. The van der Waals surface area contributed by atoms with Crippen molar-refractivity contribution in [3.63, 3.8) is 0 Å².